The van der Waals surface area contributed by atoms with Crippen molar-refractivity contribution >= 4 is 22.4 Å². The molecular formula is C24H34N4O2S. The molecule has 1 N–H and O–H groups in total. The molecule has 4 rings (SSSR count). The van der Waals surface area contributed by atoms with E-state index in [2.05, 4.69) is 51.3 Å². The van der Waals surface area contributed by atoms with E-state index >= 15 is 0 Å². The summed E-state index contributed by atoms with van der Waals surface area (Å²) in [5.74, 6) is 0.807. The number of hydrogen-bond acceptors (Lipinski definition) is 6. The van der Waals surface area contributed by atoms with Crippen LogP contribution in [0.2, 0.25) is 0 Å². The summed E-state index contributed by atoms with van der Waals surface area (Å²) in [6.45, 7) is 11.1. The van der Waals surface area contributed by atoms with Crippen LogP contribution in [0.15, 0.2) is 29.6 Å². The second-order valence-electron chi connectivity index (χ2n) is 8.79. The first kappa shape index (κ1) is 22.4. The Morgan fingerprint density at radius 2 is 1.90 bits per heavy atom. The summed E-state index contributed by atoms with van der Waals surface area (Å²) in [5, 5.41) is 5.71. The van der Waals surface area contributed by atoms with E-state index in [1.165, 1.54) is 42.7 Å². The van der Waals surface area contributed by atoms with Gasteiger partial charge in [-0.3, -0.25) is 14.6 Å². The van der Waals surface area contributed by atoms with Gasteiger partial charge in [-0.05, 0) is 58.7 Å². The molecule has 6 nitrogen and oxygen atoms in total. The first-order valence-electron chi connectivity index (χ1n) is 11.5. The molecule has 31 heavy (non-hydrogen) atoms. The largest absolute Gasteiger partial charge is 0.379 e. The SMILES string of the molecule is Cc1ccc(-c2csc(NC(=O)C(C)N3CCC(CCN4CCOCC4)CC3)n2)cc1. The van der Waals surface area contributed by atoms with Crippen molar-refractivity contribution in [2.24, 2.45) is 5.92 Å². The van der Waals surface area contributed by atoms with Crippen molar-refractivity contribution in [2.75, 3.05) is 51.3 Å². The van der Waals surface area contributed by atoms with Crippen molar-refractivity contribution in [3.05, 3.63) is 35.2 Å². The summed E-state index contributed by atoms with van der Waals surface area (Å²) >= 11 is 1.49. The van der Waals surface area contributed by atoms with Gasteiger partial charge in [0.1, 0.15) is 0 Å². The van der Waals surface area contributed by atoms with Gasteiger partial charge in [0.05, 0.1) is 24.9 Å². The van der Waals surface area contributed by atoms with Crippen molar-refractivity contribution in [1.29, 1.82) is 0 Å². The van der Waals surface area contributed by atoms with Crippen molar-refractivity contribution in [1.82, 2.24) is 14.8 Å². The van der Waals surface area contributed by atoms with Crippen LogP contribution < -0.4 is 5.32 Å². The van der Waals surface area contributed by atoms with Gasteiger partial charge in [-0.25, -0.2) is 4.98 Å². The number of carbonyl (C=O) groups is 1. The average molecular weight is 443 g/mol. The molecule has 0 radical (unpaired) electrons. The van der Waals surface area contributed by atoms with E-state index in [4.69, 9.17) is 4.74 Å². The van der Waals surface area contributed by atoms with Crippen LogP contribution in [0.4, 0.5) is 5.13 Å². The van der Waals surface area contributed by atoms with Crippen molar-refractivity contribution in [3.63, 3.8) is 0 Å². The highest BCUT2D eigenvalue weighted by molar-refractivity contribution is 7.14. The maximum absolute atomic E-state index is 12.8. The minimum Gasteiger partial charge on any atom is -0.379 e. The lowest BCUT2D eigenvalue weighted by Crippen LogP contribution is -2.46. The molecule has 1 atom stereocenters. The summed E-state index contributed by atoms with van der Waals surface area (Å²) in [4.78, 5) is 22.3. The molecule has 7 heteroatoms. The predicted molar refractivity (Wildman–Crippen MR) is 127 cm³/mol. The molecule has 1 aromatic carbocycles. The Bertz CT molecular complexity index is 840. The van der Waals surface area contributed by atoms with Gasteiger partial charge in [-0.2, -0.15) is 0 Å². The van der Waals surface area contributed by atoms with Gasteiger partial charge in [-0.1, -0.05) is 29.8 Å². The van der Waals surface area contributed by atoms with Gasteiger partial charge < -0.3 is 10.1 Å². The Hall–Kier alpha value is -1.80. The lowest BCUT2D eigenvalue weighted by Gasteiger charge is -2.36. The van der Waals surface area contributed by atoms with Gasteiger partial charge in [0.25, 0.3) is 0 Å². The zero-order valence-corrected chi connectivity index (χ0v) is 19.5. The van der Waals surface area contributed by atoms with Crippen LogP contribution >= 0.6 is 11.3 Å². The molecule has 0 spiro atoms. The predicted octanol–water partition coefficient (Wildman–Crippen LogP) is 3.88. The summed E-state index contributed by atoms with van der Waals surface area (Å²) in [5.41, 5.74) is 3.22. The third-order valence-corrected chi connectivity index (χ3v) is 7.37. The molecular weight excluding hydrogens is 408 g/mol. The fourth-order valence-corrected chi connectivity index (χ4v) is 5.11. The zero-order chi connectivity index (χ0) is 21.6. The molecule has 2 fully saturated rings. The number of carbonyl (C=O) groups excluding carboxylic acids is 1. The molecule has 168 valence electrons. The Morgan fingerprint density at radius 1 is 1.19 bits per heavy atom. The Morgan fingerprint density at radius 3 is 2.61 bits per heavy atom. The highest BCUT2D eigenvalue weighted by Gasteiger charge is 2.27. The molecule has 0 bridgehead atoms. The second kappa shape index (κ2) is 10.7. The van der Waals surface area contributed by atoms with E-state index in [0.29, 0.717) is 5.13 Å². The first-order valence-corrected chi connectivity index (χ1v) is 12.3. The Balaban J connectivity index is 1.22. The number of piperidine rings is 1. The Labute approximate surface area is 189 Å². The molecule has 2 saturated heterocycles. The van der Waals surface area contributed by atoms with E-state index in [1.54, 1.807) is 0 Å². The highest BCUT2D eigenvalue weighted by atomic mass is 32.1. The molecule has 1 amide bonds. The van der Waals surface area contributed by atoms with E-state index in [9.17, 15) is 4.79 Å². The number of aromatic nitrogens is 1. The monoisotopic (exact) mass is 442 g/mol. The van der Waals surface area contributed by atoms with Gasteiger partial charge in [0.15, 0.2) is 5.13 Å². The quantitative estimate of drug-likeness (QED) is 0.705. The van der Waals surface area contributed by atoms with Crippen LogP contribution in [0.1, 0.15) is 31.7 Å². The van der Waals surface area contributed by atoms with Crippen molar-refractivity contribution in [2.45, 2.75) is 39.2 Å². The van der Waals surface area contributed by atoms with E-state index in [-0.39, 0.29) is 11.9 Å². The number of likely N-dealkylation sites (tertiary alicyclic amines) is 1. The third-order valence-electron chi connectivity index (χ3n) is 6.62. The average Bonchev–Trinajstić information content (AvgIpc) is 3.27. The number of ether oxygens (including phenoxy) is 1. The van der Waals surface area contributed by atoms with E-state index in [0.717, 1.165) is 56.6 Å². The van der Waals surface area contributed by atoms with Crippen LogP contribution in [0.25, 0.3) is 11.3 Å². The molecule has 0 aliphatic carbocycles. The smallest absolute Gasteiger partial charge is 0.243 e. The molecule has 3 heterocycles. The fourth-order valence-electron chi connectivity index (χ4n) is 4.38. The zero-order valence-electron chi connectivity index (χ0n) is 18.7. The van der Waals surface area contributed by atoms with Gasteiger partial charge in [0.2, 0.25) is 5.91 Å². The first-order chi connectivity index (χ1) is 15.1. The number of morpholine rings is 1. The van der Waals surface area contributed by atoms with E-state index in [1.807, 2.05) is 12.3 Å². The minimum atomic E-state index is -0.132. The normalized spacial score (nSPS) is 19.9. The van der Waals surface area contributed by atoms with Crippen molar-refractivity contribution in [3.8, 4) is 11.3 Å². The molecule has 1 unspecified atom stereocenters. The van der Waals surface area contributed by atoms with Crippen LogP contribution in [0.5, 0.6) is 0 Å². The standard InChI is InChI=1S/C24H34N4O2S/c1-18-3-5-21(6-4-18)22-17-31-24(25-22)26-23(29)19(2)28-11-8-20(9-12-28)7-10-27-13-15-30-16-14-27/h3-6,17,19-20H,7-16H2,1-2H3,(H,25,26,29). The molecule has 2 aromatic rings. The molecule has 2 aliphatic rings. The summed E-state index contributed by atoms with van der Waals surface area (Å²) in [6.07, 6.45) is 3.61. The van der Waals surface area contributed by atoms with Gasteiger partial charge in [0, 0.05) is 24.0 Å². The number of nitrogens with one attached hydrogen (secondary N) is 1. The molecule has 2 aliphatic heterocycles. The topological polar surface area (TPSA) is 57.7 Å². The number of thiazole rings is 1. The third kappa shape index (κ3) is 6.13. The number of aryl methyl sites for hydroxylation is 1. The number of amides is 1. The maximum atomic E-state index is 12.8. The lowest BCUT2D eigenvalue weighted by atomic mass is 9.92. The van der Waals surface area contributed by atoms with Gasteiger partial charge >= 0.3 is 0 Å². The lowest BCUT2D eigenvalue weighted by molar-refractivity contribution is -0.121. The fraction of sp³-hybridized carbons (Fsp3) is 0.583. The number of nitrogens with zero attached hydrogens (tertiary/aromatic N) is 3. The molecule has 1 aromatic heterocycles. The van der Waals surface area contributed by atoms with E-state index < -0.39 is 0 Å². The highest BCUT2D eigenvalue weighted by Crippen LogP contribution is 2.26. The minimum absolute atomic E-state index is 0.0385. The second-order valence-corrected chi connectivity index (χ2v) is 9.65. The summed E-state index contributed by atoms with van der Waals surface area (Å²) in [6, 6.07) is 8.18. The number of hydrogen-bond donors (Lipinski definition) is 1. The van der Waals surface area contributed by atoms with Crippen LogP contribution in [-0.4, -0.2) is 72.7 Å². The van der Waals surface area contributed by atoms with Gasteiger partial charge in [-0.15, -0.1) is 11.3 Å². The van der Waals surface area contributed by atoms with Crippen molar-refractivity contribution < 1.29 is 9.53 Å². The number of benzene rings is 1. The van der Waals surface area contributed by atoms with Crippen LogP contribution in [0, 0.1) is 12.8 Å². The number of anilines is 1. The summed E-state index contributed by atoms with van der Waals surface area (Å²) < 4.78 is 5.44. The number of rotatable bonds is 7. The summed E-state index contributed by atoms with van der Waals surface area (Å²) in [7, 11) is 0. The maximum Gasteiger partial charge on any atom is 0.243 e. The van der Waals surface area contributed by atoms with Crippen LogP contribution in [0.3, 0.4) is 0 Å². The van der Waals surface area contributed by atoms with Crippen LogP contribution in [-0.2, 0) is 9.53 Å². The molecule has 0 saturated carbocycles. The Kier molecular flexibility index (Phi) is 7.72.